The fourth-order valence-corrected chi connectivity index (χ4v) is 1.95. The highest BCUT2D eigenvalue weighted by molar-refractivity contribution is 5.23. The Morgan fingerprint density at radius 2 is 1.90 bits per heavy atom. The predicted molar refractivity (Wildman–Crippen MR) is 79.4 cm³/mol. The number of hydrogen-bond donors (Lipinski definition) is 1. The van der Waals surface area contributed by atoms with Crippen molar-refractivity contribution in [1.82, 2.24) is 5.32 Å². The summed E-state index contributed by atoms with van der Waals surface area (Å²) in [4.78, 5) is 0. The van der Waals surface area contributed by atoms with Crippen molar-refractivity contribution in [1.29, 1.82) is 0 Å². The van der Waals surface area contributed by atoms with Crippen LogP contribution in [0.4, 0.5) is 4.39 Å². The summed E-state index contributed by atoms with van der Waals surface area (Å²) in [6.45, 7) is 4.11. The molecule has 3 heteroatoms. The number of rotatable bonds is 7. The van der Waals surface area contributed by atoms with Gasteiger partial charge < -0.3 is 10.1 Å². The zero-order valence-electron chi connectivity index (χ0n) is 11.7. The molecule has 0 fully saturated rings. The molecule has 0 bridgehead atoms. The number of para-hydroxylation sites is 1. The maximum absolute atomic E-state index is 13.1. The minimum atomic E-state index is -0.148. The third-order valence-electron chi connectivity index (χ3n) is 3.06. The molecule has 1 N–H and O–H groups in total. The van der Waals surface area contributed by atoms with Crippen LogP contribution in [0.1, 0.15) is 17.5 Å². The van der Waals surface area contributed by atoms with Gasteiger partial charge in [-0.25, -0.2) is 4.39 Å². The van der Waals surface area contributed by atoms with Crippen molar-refractivity contribution in [3.63, 3.8) is 0 Å². The van der Waals surface area contributed by atoms with E-state index in [1.165, 1.54) is 6.07 Å². The molecule has 0 atom stereocenters. The van der Waals surface area contributed by atoms with Crippen LogP contribution < -0.4 is 10.1 Å². The summed E-state index contributed by atoms with van der Waals surface area (Å²) >= 11 is 0. The number of nitrogens with one attached hydrogen (secondary N) is 1. The summed E-state index contributed by atoms with van der Waals surface area (Å²) in [5.74, 6) is 0.756. The van der Waals surface area contributed by atoms with Crippen LogP contribution in [0.3, 0.4) is 0 Å². The molecule has 0 radical (unpaired) electrons. The molecule has 2 rings (SSSR count). The van der Waals surface area contributed by atoms with Crippen molar-refractivity contribution in [3.8, 4) is 5.75 Å². The maximum atomic E-state index is 13.1. The van der Waals surface area contributed by atoms with E-state index in [1.807, 2.05) is 42.5 Å². The Hall–Kier alpha value is -1.87. The van der Waals surface area contributed by atoms with Gasteiger partial charge in [0.15, 0.2) is 0 Å². The van der Waals surface area contributed by atoms with Gasteiger partial charge in [0.2, 0.25) is 0 Å². The number of aryl methyl sites for hydroxylation is 1. The van der Waals surface area contributed by atoms with E-state index >= 15 is 0 Å². The fourth-order valence-electron chi connectivity index (χ4n) is 1.95. The molecule has 106 valence electrons. The molecule has 2 aromatic rings. The van der Waals surface area contributed by atoms with Crippen LogP contribution in [-0.4, -0.2) is 13.2 Å². The fraction of sp³-hybridized carbons (Fsp3) is 0.294. The van der Waals surface area contributed by atoms with Crippen LogP contribution in [-0.2, 0) is 6.54 Å². The van der Waals surface area contributed by atoms with Gasteiger partial charge in [-0.3, -0.25) is 0 Å². The Morgan fingerprint density at radius 1 is 1.10 bits per heavy atom. The van der Waals surface area contributed by atoms with E-state index in [2.05, 4.69) is 5.32 Å². The molecule has 0 aromatic heterocycles. The second-order valence-electron chi connectivity index (χ2n) is 4.78. The van der Waals surface area contributed by atoms with Crippen LogP contribution in [0.15, 0.2) is 48.5 Å². The smallest absolute Gasteiger partial charge is 0.126 e. The summed E-state index contributed by atoms with van der Waals surface area (Å²) in [7, 11) is 0. The van der Waals surface area contributed by atoms with Gasteiger partial charge >= 0.3 is 0 Å². The summed E-state index contributed by atoms with van der Waals surface area (Å²) in [6.07, 6.45) is 0.940. The van der Waals surface area contributed by atoms with Crippen LogP contribution in [0.5, 0.6) is 5.75 Å². The molecule has 0 saturated carbocycles. The molecule has 0 saturated heterocycles. The monoisotopic (exact) mass is 273 g/mol. The largest absolute Gasteiger partial charge is 0.494 e. The highest BCUT2D eigenvalue weighted by Gasteiger charge is 1.98. The lowest BCUT2D eigenvalue weighted by Crippen LogP contribution is -2.17. The number of halogens is 1. The van der Waals surface area contributed by atoms with Gasteiger partial charge in [-0.2, -0.15) is 0 Å². The minimum Gasteiger partial charge on any atom is -0.494 e. The number of benzene rings is 2. The highest BCUT2D eigenvalue weighted by Crippen LogP contribution is 2.09. The van der Waals surface area contributed by atoms with Crippen LogP contribution in [0.25, 0.3) is 0 Å². The van der Waals surface area contributed by atoms with Crippen LogP contribution >= 0.6 is 0 Å². The van der Waals surface area contributed by atoms with Gasteiger partial charge in [0.05, 0.1) is 6.61 Å². The maximum Gasteiger partial charge on any atom is 0.126 e. The first-order chi connectivity index (χ1) is 9.75. The van der Waals surface area contributed by atoms with Gasteiger partial charge in [-0.1, -0.05) is 30.3 Å². The first-order valence-electron chi connectivity index (χ1n) is 6.89. The van der Waals surface area contributed by atoms with Crippen molar-refractivity contribution in [2.45, 2.75) is 19.9 Å². The lowest BCUT2D eigenvalue weighted by Gasteiger charge is -2.08. The Labute approximate surface area is 119 Å². The van der Waals surface area contributed by atoms with E-state index < -0.39 is 0 Å². The lowest BCUT2D eigenvalue weighted by atomic mass is 10.1. The number of ether oxygens (including phenoxy) is 1. The summed E-state index contributed by atoms with van der Waals surface area (Å²) in [6, 6.07) is 15.0. The topological polar surface area (TPSA) is 21.3 Å². The number of hydrogen-bond acceptors (Lipinski definition) is 2. The van der Waals surface area contributed by atoms with E-state index in [0.29, 0.717) is 12.2 Å². The Kier molecular flexibility index (Phi) is 5.56. The van der Waals surface area contributed by atoms with Gasteiger partial charge in [0.1, 0.15) is 11.6 Å². The standard InChI is InChI=1S/C17H20FNO/c1-14-12-15(8-9-17(14)18)13-19-10-5-11-20-16-6-3-2-4-7-16/h2-4,6-9,12,19H,5,10-11,13H2,1H3. The van der Waals surface area contributed by atoms with E-state index in [9.17, 15) is 4.39 Å². The zero-order valence-corrected chi connectivity index (χ0v) is 11.7. The van der Waals surface area contributed by atoms with Crippen molar-refractivity contribution in [2.75, 3.05) is 13.2 Å². The minimum absolute atomic E-state index is 0.148. The van der Waals surface area contributed by atoms with Gasteiger partial charge in [-0.05, 0) is 49.2 Å². The average Bonchev–Trinajstić information content (AvgIpc) is 2.47. The third-order valence-corrected chi connectivity index (χ3v) is 3.06. The molecule has 2 aromatic carbocycles. The molecule has 20 heavy (non-hydrogen) atoms. The van der Waals surface area contributed by atoms with E-state index in [-0.39, 0.29) is 5.82 Å². The molecule has 0 aliphatic heterocycles. The van der Waals surface area contributed by atoms with Gasteiger partial charge in [-0.15, -0.1) is 0 Å². The Morgan fingerprint density at radius 3 is 2.65 bits per heavy atom. The second kappa shape index (κ2) is 7.65. The quantitative estimate of drug-likeness (QED) is 0.777. The molecule has 0 unspecified atom stereocenters. The summed E-state index contributed by atoms with van der Waals surface area (Å²) in [5, 5.41) is 3.33. The second-order valence-corrected chi connectivity index (χ2v) is 4.78. The predicted octanol–water partition coefficient (Wildman–Crippen LogP) is 3.69. The van der Waals surface area contributed by atoms with E-state index in [1.54, 1.807) is 6.92 Å². The van der Waals surface area contributed by atoms with Gasteiger partial charge in [0.25, 0.3) is 0 Å². The molecule has 0 aliphatic rings. The average molecular weight is 273 g/mol. The summed E-state index contributed by atoms with van der Waals surface area (Å²) in [5.41, 5.74) is 1.80. The molecule has 2 nitrogen and oxygen atoms in total. The normalized spacial score (nSPS) is 10.5. The third kappa shape index (κ3) is 4.67. The zero-order chi connectivity index (χ0) is 14.2. The summed E-state index contributed by atoms with van der Waals surface area (Å²) < 4.78 is 18.7. The Balaban J connectivity index is 1.61. The van der Waals surface area contributed by atoms with Crippen LogP contribution in [0, 0.1) is 12.7 Å². The molecule has 0 spiro atoms. The lowest BCUT2D eigenvalue weighted by molar-refractivity contribution is 0.308. The molecule has 0 amide bonds. The SMILES string of the molecule is Cc1cc(CNCCCOc2ccccc2)ccc1F. The first kappa shape index (κ1) is 14.5. The first-order valence-corrected chi connectivity index (χ1v) is 6.89. The van der Waals surface area contributed by atoms with Crippen molar-refractivity contribution in [3.05, 3.63) is 65.5 Å². The molecular weight excluding hydrogens is 253 g/mol. The highest BCUT2D eigenvalue weighted by atomic mass is 19.1. The van der Waals surface area contributed by atoms with Gasteiger partial charge in [0, 0.05) is 6.54 Å². The van der Waals surface area contributed by atoms with E-state index in [4.69, 9.17) is 4.74 Å². The van der Waals surface area contributed by atoms with E-state index in [0.717, 1.165) is 30.8 Å². The molecular formula is C17H20FNO. The van der Waals surface area contributed by atoms with Crippen molar-refractivity contribution < 1.29 is 9.13 Å². The molecule has 0 aliphatic carbocycles. The van der Waals surface area contributed by atoms with Crippen LogP contribution in [0.2, 0.25) is 0 Å². The Bertz CT molecular complexity index is 528. The van der Waals surface area contributed by atoms with Crippen molar-refractivity contribution >= 4 is 0 Å². The molecule has 0 heterocycles. The van der Waals surface area contributed by atoms with Crippen molar-refractivity contribution in [2.24, 2.45) is 0 Å².